The fraction of sp³-hybridized carbons (Fsp3) is 0.667. The van der Waals surface area contributed by atoms with Crippen LogP contribution >= 0.6 is 0 Å². The SMILES string of the molecule is COc1ccc(B2OC(C)(C)C(C)(C)O2)cc1CC(=O)N1CCC(NC(=O)OC(C)(C)C)C1. The molecule has 33 heavy (non-hydrogen) atoms. The number of likely N-dealkylation sites (tertiary alicyclic amines) is 1. The predicted octanol–water partition coefficient (Wildman–Crippen LogP) is 2.66. The molecule has 0 bridgehead atoms. The van der Waals surface area contributed by atoms with E-state index in [1.165, 1.54) is 0 Å². The molecule has 1 N–H and O–H groups in total. The van der Waals surface area contributed by atoms with Gasteiger partial charge >= 0.3 is 13.2 Å². The monoisotopic (exact) mass is 460 g/mol. The van der Waals surface area contributed by atoms with Gasteiger partial charge in [-0.25, -0.2) is 4.79 Å². The van der Waals surface area contributed by atoms with Crippen LogP contribution in [0.25, 0.3) is 0 Å². The van der Waals surface area contributed by atoms with Crippen molar-refractivity contribution in [2.75, 3.05) is 20.2 Å². The maximum absolute atomic E-state index is 13.0. The summed E-state index contributed by atoms with van der Waals surface area (Å²) < 4.78 is 23.1. The molecule has 2 heterocycles. The van der Waals surface area contributed by atoms with Crippen LogP contribution in [0.15, 0.2) is 18.2 Å². The summed E-state index contributed by atoms with van der Waals surface area (Å²) in [4.78, 5) is 26.9. The van der Waals surface area contributed by atoms with Gasteiger partial charge in [-0.3, -0.25) is 4.79 Å². The molecule has 2 aliphatic rings. The summed E-state index contributed by atoms with van der Waals surface area (Å²) in [7, 11) is 1.08. The number of carbonyl (C=O) groups excluding carboxylic acids is 2. The molecule has 1 aromatic rings. The Kier molecular flexibility index (Phi) is 7.06. The van der Waals surface area contributed by atoms with Crippen molar-refractivity contribution >= 4 is 24.6 Å². The summed E-state index contributed by atoms with van der Waals surface area (Å²) in [6.45, 7) is 14.5. The zero-order valence-electron chi connectivity index (χ0n) is 21.1. The van der Waals surface area contributed by atoms with Gasteiger partial charge in [0.1, 0.15) is 11.4 Å². The molecule has 0 aromatic heterocycles. The highest BCUT2D eigenvalue weighted by atomic mass is 16.7. The third-order valence-electron chi connectivity index (χ3n) is 6.43. The minimum atomic E-state index is -0.559. The maximum atomic E-state index is 13.0. The molecule has 1 atom stereocenters. The van der Waals surface area contributed by atoms with E-state index in [0.717, 1.165) is 11.0 Å². The number of nitrogens with zero attached hydrogens (tertiary/aromatic N) is 1. The second-order valence-corrected chi connectivity index (χ2v) is 10.8. The van der Waals surface area contributed by atoms with Crippen molar-refractivity contribution in [3.8, 4) is 5.75 Å². The normalized spacial score (nSPS) is 21.8. The van der Waals surface area contributed by atoms with Crippen molar-refractivity contribution in [3.05, 3.63) is 23.8 Å². The molecule has 0 aliphatic carbocycles. The number of carbonyl (C=O) groups is 2. The summed E-state index contributed by atoms with van der Waals surface area (Å²) in [6.07, 6.45) is 0.421. The van der Waals surface area contributed by atoms with Crippen LogP contribution in [0.5, 0.6) is 5.75 Å². The minimum absolute atomic E-state index is 0.0205. The molecule has 1 unspecified atom stereocenters. The molecule has 8 nitrogen and oxygen atoms in total. The van der Waals surface area contributed by atoms with Crippen molar-refractivity contribution in [1.29, 1.82) is 0 Å². The van der Waals surface area contributed by atoms with E-state index in [-0.39, 0.29) is 18.4 Å². The lowest BCUT2D eigenvalue weighted by molar-refractivity contribution is -0.129. The number of benzene rings is 1. The van der Waals surface area contributed by atoms with Gasteiger partial charge in [0.15, 0.2) is 0 Å². The zero-order valence-corrected chi connectivity index (χ0v) is 21.1. The molecule has 9 heteroatoms. The lowest BCUT2D eigenvalue weighted by atomic mass is 9.78. The molecule has 0 radical (unpaired) electrons. The summed E-state index contributed by atoms with van der Waals surface area (Å²) >= 11 is 0. The highest BCUT2D eigenvalue weighted by Gasteiger charge is 2.51. The van der Waals surface area contributed by atoms with Crippen LogP contribution in [0.3, 0.4) is 0 Å². The molecular formula is C24H37BN2O6. The quantitative estimate of drug-likeness (QED) is 0.681. The Balaban J connectivity index is 1.65. The molecule has 0 saturated carbocycles. The number of amides is 2. The minimum Gasteiger partial charge on any atom is -0.496 e. The van der Waals surface area contributed by atoms with Gasteiger partial charge in [-0.2, -0.15) is 0 Å². The number of hydrogen-bond acceptors (Lipinski definition) is 6. The second kappa shape index (κ2) is 9.18. The molecular weight excluding hydrogens is 423 g/mol. The van der Waals surface area contributed by atoms with E-state index in [4.69, 9.17) is 18.8 Å². The van der Waals surface area contributed by atoms with E-state index in [1.54, 1.807) is 12.0 Å². The van der Waals surface area contributed by atoms with Gasteiger partial charge in [0, 0.05) is 18.7 Å². The first-order chi connectivity index (χ1) is 15.2. The Morgan fingerprint density at radius 3 is 2.39 bits per heavy atom. The number of alkyl carbamates (subject to hydrolysis) is 1. The highest BCUT2D eigenvalue weighted by molar-refractivity contribution is 6.62. The van der Waals surface area contributed by atoms with Crippen LogP contribution < -0.4 is 15.5 Å². The summed E-state index contributed by atoms with van der Waals surface area (Å²) in [5.41, 5.74) is 0.177. The van der Waals surface area contributed by atoms with Gasteiger partial charge in [-0.15, -0.1) is 0 Å². The number of methoxy groups -OCH3 is 1. The highest BCUT2D eigenvalue weighted by Crippen LogP contribution is 2.36. The summed E-state index contributed by atoms with van der Waals surface area (Å²) in [5.74, 6) is 0.624. The zero-order chi connectivity index (χ0) is 24.6. The lowest BCUT2D eigenvalue weighted by Crippen LogP contribution is -2.41. The smallest absolute Gasteiger partial charge is 0.494 e. The third-order valence-corrected chi connectivity index (χ3v) is 6.43. The number of nitrogens with one attached hydrogen (secondary N) is 1. The van der Waals surface area contributed by atoms with Crippen molar-refractivity contribution in [2.24, 2.45) is 0 Å². The van der Waals surface area contributed by atoms with Gasteiger partial charge in [0.25, 0.3) is 0 Å². The molecule has 0 spiro atoms. The Morgan fingerprint density at radius 1 is 1.18 bits per heavy atom. The van der Waals surface area contributed by atoms with Crippen LogP contribution in [0, 0.1) is 0 Å². The number of hydrogen-bond donors (Lipinski definition) is 1. The van der Waals surface area contributed by atoms with E-state index in [2.05, 4.69) is 5.32 Å². The largest absolute Gasteiger partial charge is 0.496 e. The van der Waals surface area contributed by atoms with Crippen molar-refractivity contribution in [2.45, 2.75) is 84.2 Å². The fourth-order valence-electron chi connectivity index (χ4n) is 3.92. The first-order valence-electron chi connectivity index (χ1n) is 11.5. The maximum Gasteiger partial charge on any atom is 0.494 e. The third kappa shape index (κ3) is 6.01. The van der Waals surface area contributed by atoms with Crippen LogP contribution in [-0.2, 0) is 25.3 Å². The van der Waals surface area contributed by atoms with E-state index in [0.29, 0.717) is 25.3 Å². The molecule has 1 aromatic carbocycles. The van der Waals surface area contributed by atoms with Crippen molar-refractivity contribution in [1.82, 2.24) is 10.2 Å². The van der Waals surface area contributed by atoms with E-state index >= 15 is 0 Å². The molecule has 3 rings (SSSR count). The topological polar surface area (TPSA) is 86.3 Å². The average molecular weight is 460 g/mol. The van der Waals surface area contributed by atoms with Gasteiger partial charge < -0.3 is 29.0 Å². The molecule has 2 amide bonds. The van der Waals surface area contributed by atoms with E-state index in [9.17, 15) is 9.59 Å². The van der Waals surface area contributed by atoms with Gasteiger partial charge in [0.2, 0.25) is 5.91 Å². The molecule has 2 aliphatic heterocycles. The first-order valence-corrected chi connectivity index (χ1v) is 11.5. The predicted molar refractivity (Wildman–Crippen MR) is 127 cm³/mol. The average Bonchev–Trinajstić information content (AvgIpc) is 3.21. The van der Waals surface area contributed by atoms with Crippen LogP contribution in [0.4, 0.5) is 4.79 Å². The molecule has 2 fully saturated rings. The van der Waals surface area contributed by atoms with Crippen molar-refractivity contribution < 1.29 is 28.4 Å². The van der Waals surface area contributed by atoms with Gasteiger partial charge in [0.05, 0.1) is 30.8 Å². The first kappa shape index (κ1) is 25.4. The van der Waals surface area contributed by atoms with Crippen LogP contribution in [0.2, 0.25) is 0 Å². The van der Waals surface area contributed by atoms with Crippen molar-refractivity contribution in [3.63, 3.8) is 0 Å². The van der Waals surface area contributed by atoms with E-state index < -0.39 is 30.0 Å². The Labute approximate surface area is 197 Å². The number of rotatable bonds is 5. The Morgan fingerprint density at radius 2 is 1.82 bits per heavy atom. The lowest BCUT2D eigenvalue weighted by Gasteiger charge is -2.32. The molecule has 2 saturated heterocycles. The summed E-state index contributed by atoms with van der Waals surface area (Å²) in [5, 5.41) is 2.86. The van der Waals surface area contributed by atoms with Crippen LogP contribution in [-0.4, -0.2) is 67.1 Å². The second-order valence-electron chi connectivity index (χ2n) is 10.8. The van der Waals surface area contributed by atoms with E-state index in [1.807, 2.05) is 66.7 Å². The Hall–Kier alpha value is -2.26. The van der Waals surface area contributed by atoms with Crippen LogP contribution in [0.1, 0.15) is 60.5 Å². The number of ether oxygens (including phenoxy) is 2. The fourth-order valence-corrected chi connectivity index (χ4v) is 3.92. The standard InChI is InChI=1S/C24H37BN2O6/c1-22(2,3)31-21(29)26-18-11-12-27(15-18)20(28)14-16-13-17(9-10-19(16)30-8)25-32-23(4,5)24(6,7)33-25/h9-10,13,18H,11-12,14-15H2,1-8H3,(H,26,29). The van der Waals surface area contributed by atoms with Gasteiger partial charge in [-0.05, 0) is 66.4 Å². The molecule has 182 valence electrons. The Bertz CT molecular complexity index is 879. The summed E-state index contributed by atoms with van der Waals surface area (Å²) in [6, 6.07) is 5.55. The van der Waals surface area contributed by atoms with Gasteiger partial charge in [-0.1, -0.05) is 12.1 Å².